The molecule has 0 saturated carbocycles. The van der Waals surface area contributed by atoms with Gasteiger partial charge in [-0.25, -0.2) is 4.98 Å². The molecule has 0 radical (unpaired) electrons. The Hall–Kier alpha value is -1.68. The Labute approximate surface area is 123 Å². The van der Waals surface area contributed by atoms with E-state index >= 15 is 0 Å². The van der Waals surface area contributed by atoms with Crippen LogP contribution in [0.2, 0.25) is 0 Å². The minimum absolute atomic E-state index is 0.211. The molecule has 0 spiro atoms. The van der Waals surface area contributed by atoms with Crippen molar-refractivity contribution in [2.24, 2.45) is 0 Å². The number of rotatable bonds is 3. The normalized spacial score (nSPS) is 15.2. The van der Waals surface area contributed by atoms with Crippen LogP contribution >= 0.6 is 11.6 Å². The number of fused-ring (bicyclic) bond motifs is 2. The summed E-state index contributed by atoms with van der Waals surface area (Å²) in [7, 11) is 2.01. The van der Waals surface area contributed by atoms with Crippen LogP contribution in [0, 0.1) is 0 Å². The fourth-order valence-corrected chi connectivity index (χ4v) is 2.49. The molecule has 5 heteroatoms. The molecule has 20 heavy (non-hydrogen) atoms. The minimum Gasteiger partial charge on any atom is -0.486 e. The first kappa shape index (κ1) is 13.3. The zero-order valence-electron chi connectivity index (χ0n) is 11.6. The summed E-state index contributed by atoms with van der Waals surface area (Å²) in [5, 5.41) is 2.14. The second kappa shape index (κ2) is 5.37. The van der Waals surface area contributed by atoms with Crippen LogP contribution in [0.3, 0.4) is 0 Å². The maximum atomic E-state index is 5.95. The standard InChI is InChI=1S/C15H17ClN2O2/c1-10(9-16)18(2)15-12-8-14-13(19-5-6-20-14)7-11(12)3-4-17-15/h3-4,7-8,10H,5-6,9H2,1-2H3. The van der Waals surface area contributed by atoms with Gasteiger partial charge in [0.25, 0.3) is 0 Å². The van der Waals surface area contributed by atoms with Crippen molar-refractivity contribution < 1.29 is 9.47 Å². The molecule has 1 aliphatic rings. The van der Waals surface area contributed by atoms with Gasteiger partial charge >= 0.3 is 0 Å². The maximum absolute atomic E-state index is 5.95. The Morgan fingerprint density at radius 3 is 2.70 bits per heavy atom. The van der Waals surface area contributed by atoms with Gasteiger partial charge in [-0.05, 0) is 30.5 Å². The first-order valence-corrected chi connectivity index (χ1v) is 7.21. The molecule has 0 saturated heterocycles. The molecule has 1 aromatic carbocycles. The van der Waals surface area contributed by atoms with E-state index in [4.69, 9.17) is 21.1 Å². The number of ether oxygens (including phenoxy) is 2. The van der Waals surface area contributed by atoms with Crippen molar-refractivity contribution >= 4 is 28.2 Å². The van der Waals surface area contributed by atoms with E-state index in [1.807, 2.05) is 31.4 Å². The predicted octanol–water partition coefficient (Wildman–Crippen LogP) is 3.07. The van der Waals surface area contributed by atoms with Gasteiger partial charge < -0.3 is 14.4 Å². The molecule has 0 bridgehead atoms. The quantitative estimate of drug-likeness (QED) is 0.814. The number of anilines is 1. The summed E-state index contributed by atoms with van der Waals surface area (Å²) in [4.78, 5) is 6.58. The topological polar surface area (TPSA) is 34.6 Å². The molecular formula is C15H17ClN2O2. The van der Waals surface area contributed by atoms with Crippen LogP contribution in [0.1, 0.15) is 6.92 Å². The van der Waals surface area contributed by atoms with Gasteiger partial charge in [0.05, 0.1) is 0 Å². The van der Waals surface area contributed by atoms with E-state index in [1.165, 1.54) is 0 Å². The van der Waals surface area contributed by atoms with E-state index in [0.717, 1.165) is 28.1 Å². The van der Waals surface area contributed by atoms with Gasteiger partial charge in [-0.3, -0.25) is 0 Å². The Bertz CT molecular complexity index is 633. The first-order chi connectivity index (χ1) is 9.70. The highest BCUT2D eigenvalue weighted by Crippen LogP contribution is 2.37. The Balaban J connectivity index is 2.13. The predicted molar refractivity (Wildman–Crippen MR) is 81.3 cm³/mol. The molecule has 0 aliphatic carbocycles. The molecule has 2 heterocycles. The van der Waals surface area contributed by atoms with Gasteiger partial charge in [0.2, 0.25) is 0 Å². The lowest BCUT2D eigenvalue weighted by molar-refractivity contribution is 0.172. The molecule has 1 atom stereocenters. The molecule has 4 nitrogen and oxygen atoms in total. The van der Waals surface area contributed by atoms with E-state index in [9.17, 15) is 0 Å². The smallest absolute Gasteiger partial charge is 0.162 e. The number of alkyl halides is 1. The van der Waals surface area contributed by atoms with Crippen molar-refractivity contribution in [3.8, 4) is 11.5 Å². The van der Waals surface area contributed by atoms with E-state index in [0.29, 0.717) is 19.1 Å². The number of hydrogen-bond acceptors (Lipinski definition) is 4. The van der Waals surface area contributed by atoms with Crippen LogP contribution in [-0.4, -0.2) is 37.2 Å². The molecule has 0 N–H and O–H groups in total. The first-order valence-electron chi connectivity index (χ1n) is 6.68. The maximum Gasteiger partial charge on any atom is 0.162 e. The third-order valence-electron chi connectivity index (χ3n) is 3.62. The molecule has 106 valence electrons. The number of hydrogen-bond donors (Lipinski definition) is 0. The second-order valence-electron chi connectivity index (χ2n) is 4.97. The number of nitrogens with zero attached hydrogens (tertiary/aromatic N) is 2. The van der Waals surface area contributed by atoms with Gasteiger partial charge in [0.15, 0.2) is 11.5 Å². The summed E-state index contributed by atoms with van der Waals surface area (Å²) in [5.74, 6) is 3.05. The number of aromatic nitrogens is 1. The van der Waals surface area contributed by atoms with Crippen molar-refractivity contribution in [3.63, 3.8) is 0 Å². The molecule has 0 amide bonds. The number of halogens is 1. The van der Waals surface area contributed by atoms with E-state index in [1.54, 1.807) is 0 Å². The highest BCUT2D eigenvalue weighted by atomic mass is 35.5. The molecule has 0 fully saturated rings. The van der Waals surface area contributed by atoms with Crippen LogP contribution in [0.25, 0.3) is 10.8 Å². The highest BCUT2D eigenvalue weighted by Gasteiger charge is 2.17. The summed E-state index contributed by atoms with van der Waals surface area (Å²) < 4.78 is 11.3. The zero-order valence-corrected chi connectivity index (χ0v) is 12.4. The fraction of sp³-hybridized carbons (Fsp3) is 0.400. The minimum atomic E-state index is 0.211. The lowest BCUT2D eigenvalue weighted by atomic mass is 10.1. The van der Waals surface area contributed by atoms with Crippen molar-refractivity contribution in [3.05, 3.63) is 24.4 Å². The van der Waals surface area contributed by atoms with Crippen LogP contribution in [-0.2, 0) is 0 Å². The summed E-state index contributed by atoms with van der Waals surface area (Å²) in [6, 6.07) is 6.21. The van der Waals surface area contributed by atoms with E-state index in [-0.39, 0.29) is 6.04 Å². The third-order valence-corrected chi connectivity index (χ3v) is 4.07. The van der Waals surface area contributed by atoms with Crippen LogP contribution in [0.4, 0.5) is 5.82 Å². The highest BCUT2D eigenvalue weighted by molar-refractivity contribution is 6.18. The number of benzene rings is 1. The average Bonchev–Trinajstić information content (AvgIpc) is 2.50. The molecule has 1 unspecified atom stereocenters. The third kappa shape index (κ3) is 2.24. The Morgan fingerprint density at radius 2 is 2.00 bits per heavy atom. The summed E-state index contributed by atoms with van der Waals surface area (Å²) in [5.41, 5.74) is 0. The fourth-order valence-electron chi connectivity index (χ4n) is 2.29. The monoisotopic (exact) mass is 292 g/mol. The zero-order chi connectivity index (χ0) is 14.1. The lowest BCUT2D eigenvalue weighted by Gasteiger charge is -2.26. The van der Waals surface area contributed by atoms with Gasteiger partial charge in [0, 0.05) is 30.6 Å². The molecule has 1 aromatic heterocycles. The number of pyridine rings is 1. The van der Waals surface area contributed by atoms with Gasteiger partial charge in [-0.2, -0.15) is 0 Å². The average molecular weight is 293 g/mol. The van der Waals surface area contributed by atoms with Gasteiger partial charge in [-0.1, -0.05) is 0 Å². The Morgan fingerprint density at radius 1 is 1.30 bits per heavy atom. The van der Waals surface area contributed by atoms with Gasteiger partial charge in [-0.15, -0.1) is 11.6 Å². The molecular weight excluding hydrogens is 276 g/mol. The van der Waals surface area contributed by atoms with Crippen molar-refractivity contribution in [1.82, 2.24) is 4.98 Å². The van der Waals surface area contributed by atoms with Crippen molar-refractivity contribution in [2.75, 3.05) is 31.0 Å². The Kier molecular flexibility index (Phi) is 3.57. The van der Waals surface area contributed by atoms with E-state index in [2.05, 4.69) is 16.8 Å². The summed E-state index contributed by atoms with van der Waals surface area (Å²) >= 11 is 5.95. The molecule has 1 aliphatic heterocycles. The largest absolute Gasteiger partial charge is 0.486 e. The van der Waals surface area contributed by atoms with Crippen molar-refractivity contribution in [2.45, 2.75) is 13.0 Å². The van der Waals surface area contributed by atoms with Gasteiger partial charge in [0.1, 0.15) is 19.0 Å². The summed E-state index contributed by atoms with van der Waals surface area (Å²) in [6.45, 7) is 3.26. The second-order valence-corrected chi connectivity index (χ2v) is 5.27. The van der Waals surface area contributed by atoms with E-state index < -0.39 is 0 Å². The summed E-state index contributed by atoms with van der Waals surface area (Å²) in [6.07, 6.45) is 1.81. The van der Waals surface area contributed by atoms with Crippen LogP contribution in [0.15, 0.2) is 24.4 Å². The van der Waals surface area contributed by atoms with Crippen LogP contribution < -0.4 is 14.4 Å². The molecule has 3 rings (SSSR count). The molecule has 2 aromatic rings. The lowest BCUT2D eigenvalue weighted by Crippen LogP contribution is -2.31. The van der Waals surface area contributed by atoms with Crippen molar-refractivity contribution in [1.29, 1.82) is 0 Å². The van der Waals surface area contributed by atoms with Crippen LogP contribution in [0.5, 0.6) is 11.5 Å². The SMILES string of the molecule is CC(CCl)N(C)c1nccc2cc3c(cc12)OCCO3.